The van der Waals surface area contributed by atoms with Gasteiger partial charge in [-0.05, 0) is 17.5 Å². The number of amides is 1. The van der Waals surface area contributed by atoms with E-state index in [1.165, 1.54) is 6.92 Å². The van der Waals surface area contributed by atoms with E-state index in [4.69, 9.17) is 11.1 Å². The van der Waals surface area contributed by atoms with E-state index in [2.05, 4.69) is 20.6 Å². The Morgan fingerprint density at radius 2 is 1.89 bits per heavy atom. The molecule has 0 radical (unpaired) electrons. The van der Waals surface area contributed by atoms with Crippen LogP contribution in [0.15, 0.2) is 36.7 Å². The van der Waals surface area contributed by atoms with Gasteiger partial charge in [0.15, 0.2) is 0 Å². The van der Waals surface area contributed by atoms with Gasteiger partial charge in [-0.2, -0.15) is 0 Å². The Hall–Kier alpha value is -3.29. The summed E-state index contributed by atoms with van der Waals surface area (Å²) < 4.78 is 0. The average molecular weight is 368 g/mol. The van der Waals surface area contributed by atoms with Crippen LogP contribution in [0.4, 0.5) is 5.95 Å². The number of benzene rings is 1. The van der Waals surface area contributed by atoms with Gasteiger partial charge in [-0.15, -0.1) is 0 Å². The molecule has 0 aliphatic heterocycles. The first-order chi connectivity index (χ1) is 12.9. The number of anilines is 1. The molecule has 8 nitrogen and oxygen atoms in total. The number of amidine groups is 1. The van der Waals surface area contributed by atoms with Crippen LogP contribution >= 0.6 is 0 Å². The molecule has 0 saturated carbocycles. The van der Waals surface area contributed by atoms with Crippen molar-refractivity contribution < 1.29 is 9.59 Å². The van der Waals surface area contributed by atoms with Gasteiger partial charge >= 0.3 is 0 Å². The topological polar surface area (TPSA) is 134 Å². The normalized spacial score (nSPS) is 10.3. The van der Waals surface area contributed by atoms with Crippen molar-refractivity contribution in [3.05, 3.63) is 42.2 Å². The Morgan fingerprint density at radius 1 is 1.15 bits per heavy atom. The standard InChI is InChI=1S/C19H24N6O2/c1-13(26)22-7-8-23-19-24-11-16(12-25-19)15-4-2-3-14(9-15)5-6-17(27)10-18(20)21/h2-4,9,11-12H,5-8,10H2,1H3,(H3,20,21)(H,22,26)(H,23,24,25). The zero-order chi connectivity index (χ0) is 19.6. The molecule has 27 heavy (non-hydrogen) atoms. The molecule has 1 amide bonds. The van der Waals surface area contributed by atoms with Gasteiger partial charge in [0.1, 0.15) is 5.78 Å². The minimum Gasteiger partial charge on any atom is -0.387 e. The maximum absolute atomic E-state index is 11.7. The van der Waals surface area contributed by atoms with E-state index in [0.29, 0.717) is 31.9 Å². The molecular formula is C19H24N6O2. The van der Waals surface area contributed by atoms with Crippen LogP contribution in [0.3, 0.4) is 0 Å². The first-order valence-electron chi connectivity index (χ1n) is 8.68. The molecule has 0 fully saturated rings. The van der Waals surface area contributed by atoms with Crippen molar-refractivity contribution in [2.24, 2.45) is 5.73 Å². The molecule has 0 saturated heterocycles. The monoisotopic (exact) mass is 368 g/mol. The van der Waals surface area contributed by atoms with Crippen molar-refractivity contribution in [3.8, 4) is 11.1 Å². The summed E-state index contributed by atoms with van der Waals surface area (Å²) in [6.07, 6.45) is 4.42. The Balaban J connectivity index is 1.92. The van der Waals surface area contributed by atoms with Crippen LogP contribution in [0.25, 0.3) is 11.1 Å². The second-order valence-electron chi connectivity index (χ2n) is 6.15. The minimum atomic E-state index is -0.100. The fourth-order valence-corrected chi connectivity index (χ4v) is 2.47. The highest BCUT2D eigenvalue weighted by Crippen LogP contribution is 2.20. The lowest BCUT2D eigenvalue weighted by Gasteiger charge is -2.07. The predicted octanol–water partition coefficient (Wildman–Crippen LogP) is 1.52. The summed E-state index contributed by atoms with van der Waals surface area (Å²) in [6.45, 7) is 2.52. The van der Waals surface area contributed by atoms with Crippen LogP contribution < -0.4 is 16.4 Å². The van der Waals surface area contributed by atoms with Gasteiger partial charge in [-0.25, -0.2) is 9.97 Å². The van der Waals surface area contributed by atoms with E-state index in [9.17, 15) is 9.59 Å². The van der Waals surface area contributed by atoms with Crippen LogP contribution in [0.2, 0.25) is 0 Å². The lowest BCUT2D eigenvalue weighted by atomic mass is 10.0. The molecule has 8 heteroatoms. The Kier molecular flexibility index (Phi) is 7.42. The average Bonchev–Trinajstić information content (AvgIpc) is 2.64. The molecule has 1 heterocycles. The zero-order valence-corrected chi connectivity index (χ0v) is 15.3. The maximum atomic E-state index is 11.7. The van der Waals surface area contributed by atoms with Crippen molar-refractivity contribution in [2.45, 2.75) is 26.2 Å². The van der Waals surface area contributed by atoms with E-state index in [1.807, 2.05) is 24.3 Å². The van der Waals surface area contributed by atoms with Gasteiger partial charge in [0, 0.05) is 44.4 Å². The maximum Gasteiger partial charge on any atom is 0.222 e. The summed E-state index contributed by atoms with van der Waals surface area (Å²) in [5.41, 5.74) is 8.12. The van der Waals surface area contributed by atoms with Crippen molar-refractivity contribution in [3.63, 3.8) is 0 Å². The van der Waals surface area contributed by atoms with Crippen molar-refractivity contribution >= 4 is 23.5 Å². The molecule has 1 aromatic carbocycles. The lowest BCUT2D eigenvalue weighted by Crippen LogP contribution is -2.26. The molecule has 5 N–H and O–H groups in total. The summed E-state index contributed by atoms with van der Waals surface area (Å²) in [5, 5.41) is 12.9. The third-order valence-electron chi connectivity index (χ3n) is 3.77. The van der Waals surface area contributed by atoms with Crippen LogP contribution in [-0.2, 0) is 16.0 Å². The highest BCUT2D eigenvalue weighted by atomic mass is 16.1. The summed E-state index contributed by atoms with van der Waals surface area (Å²) in [6, 6.07) is 7.86. The number of nitrogens with two attached hydrogens (primary N) is 1. The van der Waals surface area contributed by atoms with E-state index >= 15 is 0 Å². The number of aryl methyl sites for hydroxylation is 1. The van der Waals surface area contributed by atoms with Gasteiger partial charge in [0.25, 0.3) is 0 Å². The summed E-state index contributed by atoms with van der Waals surface area (Å²) >= 11 is 0. The molecule has 1 aromatic heterocycles. The highest BCUT2D eigenvalue weighted by molar-refractivity contribution is 5.98. The number of Topliss-reactive ketones (excluding diaryl/α,β-unsaturated/α-hetero) is 1. The summed E-state index contributed by atoms with van der Waals surface area (Å²) in [4.78, 5) is 31.1. The smallest absolute Gasteiger partial charge is 0.222 e. The number of carbonyl (C=O) groups excluding carboxylic acids is 2. The molecule has 0 aliphatic rings. The second kappa shape index (κ2) is 10.0. The first kappa shape index (κ1) is 20.0. The van der Waals surface area contributed by atoms with Crippen molar-refractivity contribution in [2.75, 3.05) is 18.4 Å². The number of hydrogen-bond donors (Lipinski definition) is 4. The summed E-state index contributed by atoms with van der Waals surface area (Å²) in [5.74, 6) is 0.286. The molecular weight excluding hydrogens is 344 g/mol. The molecule has 0 spiro atoms. The van der Waals surface area contributed by atoms with E-state index in [-0.39, 0.29) is 23.9 Å². The van der Waals surface area contributed by atoms with Crippen LogP contribution in [0.5, 0.6) is 0 Å². The molecule has 2 aromatic rings. The number of carbonyl (C=O) groups is 2. The lowest BCUT2D eigenvalue weighted by molar-refractivity contribution is -0.119. The predicted molar refractivity (Wildman–Crippen MR) is 105 cm³/mol. The first-order valence-corrected chi connectivity index (χ1v) is 8.68. The quantitative estimate of drug-likeness (QED) is 0.285. The number of ketones is 1. The molecule has 0 unspecified atom stereocenters. The number of rotatable bonds is 10. The van der Waals surface area contributed by atoms with E-state index in [1.54, 1.807) is 12.4 Å². The highest BCUT2D eigenvalue weighted by Gasteiger charge is 2.06. The fourth-order valence-electron chi connectivity index (χ4n) is 2.47. The second-order valence-corrected chi connectivity index (χ2v) is 6.15. The molecule has 2 rings (SSSR count). The van der Waals surface area contributed by atoms with Crippen LogP contribution in [0.1, 0.15) is 25.3 Å². The van der Waals surface area contributed by atoms with Gasteiger partial charge in [0.05, 0.1) is 12.3 Å². The van der Waals surface area contributed by atoms with E-state index < -0.39 is 0 Å². The SMILES string of the molecule is CC(=O)NCCNc1ncc(-c2cccc(CCC(=O)CC(=N)N)c2)cn1. The summed E-state index contributed by atoms with van der Waals surface area (Å²) in [7, 11) is 0. The van der Waals surface area contributed by atoms with Crippen molar-refractivity contribution in [1.29, 1.82) is 5.41 Å². The third kappa shape index (κ3) is 7.23. The number of nitrogens with one attached hydrogen (secondary N) is 3. The number of aromatic nitrogens is 2. The molecule has 0 aliphatic carbocycles. The zero-order valence-electron chi connectivity index (χ0n) is 15.3. The Bertz CT molecular complexity index is 804. The number of hydrogen-bond acceptors (Lipinski definition) is 6. The molecule has 0 bridgehead atoms. The third-order valence-corrected chi connectivity index (χ3v) is 3.77. The van der Waals surface area contributed by atoms with Crippen molar-refractivity contribution in [1.82, 2.24) is 15.3 Å². The van der Waals surface area contributed by atoms with Gasteiger partial charge < -0.3 is 16.4 Å². The van der Waals surface area contributed by atoms with Crippen LogP contribution in [0, 0.1) is 5.41 Å². The molecule has 142 valence electrons. The van der Waals surface area contributed by atoms with Gasteiger partial charge in [0.2, 0.25) is 11.9 Å². The van der Waals surface area contributed by atoms with E-state index in [0.717, 1.165) is 16.7 Å². The van der Waals surface area contributed by atoms with Gasteiger partial charge in [-0.1, -0.05) is 24.3 Å². The van der Waals surface area contributed by atoms with Crippen LogP contribution in [-0.4, -0.2) is 40.6 Å². The van der Waals surface area contributed by atoms with Gasteiger partial charge in [-0.3, -0.25) is 15.0 Å². The Labute approximate surface area is 158 Å². The minimum absolute atomic E-state index is 0.00390. The molecule has 0 atom stereocenters. The fraction of sp³-hybridized carbons (Fsp3) is 0.316. The largest absolute Gasteiger partial charge is 0.387 e. The Morgan fingerprint density at radius 3 is 2.56 bits per heavy atom. The number of nitrogens with zero attached hydrogens (tertiary/aromatic N) is 2.